The number of H-pyrrole nitrogens is 1. The van der Waals surface area contributed by atoms with Crippen LogP contribution in [0.4, 0.5) is 0 Å². The summed E-state index contributed by atoms with van der Waals surface area (Å²) >= 11 is 0. The van der Waals surface area contributed by atoms with Crippen LogP contribution in [-0.4, -0.2) is 39.1 Å². The quantitative estimate of drug-likeness (QED) is 0.703. The Balaban J connectivity index is 1.83. The van der Waals surface area contributed by atoms with Gasteiger partial charge in [0.15, 0.2) is 0 Å². The number of nitrogens with one attached hydrogen (secondary N) is 1. The minimum Gasteiger partial charge on any atom is -0.355 e. The third-order valence-electron chi connectivity index (χ3n) is 2.99. The molecule has 2 aliphatic heterocycles. The smallest absolute Gasteiger partial charge is 0.258 e. The van der Waals surface area contributed by atoms with Crippen molar-refractivity contribution in [2.75, 3.05) is 0 Å². The summed E-state index contributed by atoms with van der Waals surface area (Å²) in [5.41, 5.74) is 0.753. The first kappa shape index (κ1) is 9.53. The number of nitrogens with zero attached hydrogens (tertiary/aromatic N) is 2. The summed E-state index contributed by atoms with van der Waals surface area (Å²) in [7, 11) is 0. The van der Waals surface area contributed by atoms with Crippen LogP contribution in [0.2, 0.25) is 0 Å². The van der Waals surface area contributed by atoms with Crippen LogP contribution in [0.25, 0.3) is 0 Å². The normalized spacial score (nSPS) is 28.9. The number of ether oxygens (including phenoxy) is 1. The molecule has 2 atom stereocenters. The maximum atomic E-state index is 11.9. The van der Waals surface area contributed by atoms with Crippen LogP contribution in [0.1, 0.15) is 18.5 Å². The molecule has 2 saturated heterocycles. The molecule has 1 aromatic rings. The largest absolute Gasteiger partial charge is 0.355 e. The molecule has 1 aromatic heterocycles. The summed E-state index contributed by atoms with van der Waals surface area (Å²) in [6.45, 7) is 0.258. The van der Waals surface area contributed by atoms with Crippen molar-refractivity contribution in [1.82, 2.24) is 15.1 Å². The van der Waals surface area contributed by atoms with Gasteiger partial charge in [0.1, 0.15) is 12.2 Å². The highest BCUT2D eigenvalue weighted by Crippen LogP contribution is 2.28. The van der Waals surface area contributed by atoms with Crippen molar-refractivity contribution < 1.29 is 14.3 Å². The van der Waals surface area contributed by atoms with Gasteiger partial charge in [0.2, 0.25) is 0 Å². The Morgan fingerprint density at radius 1 is 1.38 bits per heavy atom. The van der Waals surface area contributed by atoms with Crippen molar-refractivity contribution >= 4 is 11.8 Å². The molecule has 6 nitrogen and oxygen atoms in total. The highest BCUT2D eigenvalue weighted by Gasteiger charge is 2.46. The molecule has 2 fully saturated rings. The topological polar surface area (TPSA) is 75.3 Å². The average molecular weight is 221 g/mol. The lowest BCUT2D eigenvalue weighted by Gasteiger charge is -2.29. The van der Waals surface area contributed by atoms with Crippen molar-refractivity contribution in [3.8, 4) is 0 Å². The maximum Gasteiger partial charge on any atom is 0.258 e. The van der Waals surface area contributed by atoms with Crippen LogP contribution in [0.3, 0.4) is 0 Å². The molecule has 84 valence electrons. The third-order valence-corrected chi connectivity index (χ3v) is 2.99. The number of amides is 2. The molecular formula is C10H11N3O3. The maximum absolute atomic E-state index is 11.9. The molecule has 0 aromatic carbocycles. The molecule has 2 aliphatic rings. The van der Waals surface area contributed by atoms with E-state index in [1.54, 1.807) is 12.3 Å². The summed E-state index contributed by atoms with van der Waals surface area (Å²) < 4.78 is 5.30. The zero-order chi connectivity index (χ0) is 11.1. The predicted molar refractivity (Wildman–Crippen MR) is 52.0 cm³/mol. The first-order valence-electron chi connectivity index (χ1n) is 5.24. The van der Waals surface area contributed by atoms with E-state index in [1.165, 1.54) is 4.90 Å². The minimum atomic E-state index is -0.425. The standard InChI is InChI=1S/C10H11N3O3/c14-9-7-1-2-8(16-7)10(15)13(9)5-6-3-4-11-12-6/h3-4,7-8H,1-2,5H2,(H,11,12). The number of aromatic nitrogens is 2. The molecule has 1 N–H and O–H groups in total. The van der Waals surface area contributed by atoms with Crippen molar-refractivity contribution in [3.05, 3.63) is 18.0 Å². The van der Waals surface area contributed by atoms with E-state index in [2.05, 4.69) is 10.2 Å². The van der Waals surface area contributed by atoms with E-state index >= 15 is 0 Å². The van der Waals surface area contributed by atoms with Crippen molar-refractivity contribution in [2.45, 2.75) is 31.6 Å². The van der Waals surface area contributed by atoms with Gasteiger partial charge in [-0.25, -0.2) is 0 Å². The molecule has 16 heavy (non-hydrogen) atoms. The molecule has 3 heterocycles. The number of fused-ring (bicyclic) bond motifs is 2. The monoisotopic (exact) mass is 221 g/mol. The lowest BCUT2D eigenvalue weighted by Crippen LogP contribution is -2.51. The summed E-state index contributed by atoms with van der Waals surface area (Å²) in [5, 5.41) is 6.52. The van der Waals surface area contributed by atoms with Gasteiger partial charge in [-0.2, -0.15) is 5.10 Å². The lowest BCUT2D eigenvalue weighted by molar-refractivity contribution is -0.169. The van der Waals surface area contributed by atoms with E-state index in [1.807, 2.05) is 0 Å². The molecule has 3 rings (SSSR count). The summed E-state index contributed by atoms with van der Waals surface area (Å²) in [4.78, 5) is 25.0. The van der Waals surface area contributed by atoms with Gasteiger partial charge in [0.25, 0.3) is 11.8 Å². The number of likely N-dealkylation sites (tertiary alicyclic amines) is 1. The summed E-state index contributed by atoms with van der Waals surface area (Å²) in [6, 6.07) is 1.75. The predicted octanol–water partition coefficient (Wildman–Crippen LogP) is -0.174. The summed E-state index contributed by atoms with van der Waals surface area (Å²) in [6.07, 6.45) is 2.04. The number of imide groups is 1. The Hall–Kier alpha value is -1.69. The van der Waals surface area contributed by atoms with E-state index in [4.69, 9.17) is 4.74 Å². The first-order valence-corrected chi connectivity index (χ1v) is 5.24. The minimum absolute atomic E-state index is 0.228. The Morgan fingerprint density at radius 3 is 2.62 bits per heavy atom. The second kappa shape index (κ2) is 3.41. The Bertz CT molecular complexity index is 407. The van der Waals surface area contributed by atoms with E-state index in [-0.39, 0.29) is 18.4 Å². The van der Waals surface area contributed by atoms with Crippen LogP contribution in [0, 0.1) is 0 Å². The number of hydrogen-bond acceptors (Lipinski definition) is 4. The second-order valence-electron chi connectivity index (χ2n) is 4.04. The van der Waals surface area contributed by atoms with Crippen molar-refractivity contribution in [1.29, 1.82) is 0 Å². The molecule has 0 aliphatic carbocycles. The highest BCUT2D eigenvalue weighted by molar-refractivity contribution is 6.02. The van der Waals surface area contributed by atoms with Crippen LogP contribution in [0.15, 0.2) is 12.3 Å². The Kier molecular flexibility index (Phi) is 2.03. The number of hydrogen-bond donors (Lipinski definition) is 1. The number of rotatable bonds is 2. The number of carbonyl (C=O) groups excluding carboxylic acids is 2. The van der Waals surface area contributed by atoms with Crippen LogP contribution < -0.4 is 0 Å². The molecule has 2 bridgehead atoms. The molecule has 0 saturated carbocycles. The third kappa shape index (κ3) is 1.34. The molecule has 0 spiro atoms. The van der Waals surface area contributed by atoms with E-state index in [0.717, 1.165) is 5.69 Å². The zero-order valence-electron chi connectivity index (χ0n) is 8.55. The first-order chi connectivity index (χ1) is 7.75. The van der Waals surface area contributed by atoms with Gasteiger partial charge < -0.3 is 4.74 Å². The van der Waals surface area contributed by atoms with Gasteiger partial charge >= 0.3 is 0 Å². The van der Waals surface area contributed by atoms with Crippen LogP contribution >= 0.6 is 0 Å². The fraction of sp³-hybridized carbons (Fsp3) is 0.500. The van der Waals surface area contributed by atoms with Crippen LogP contribution in [-0.2, 0) is 20.9 Å². The highest BCUT2D eigenvalue weighted by atomic mass is 16.5. The lowest BCUT2D eigenvalue weighted by atomic mass is 10.2. The number of morpholine rings is 1. The SMILES string of the molecule is O=C1C2CCC(O2)C(=O)N1Cc1ccn[nH]1. The van der Waals surface area contributed by atoms with E-state index < -0.39 is 12.2 Å². The molecule has 2 unspecified atom stereocenters. The average Bonchev–Trinajstić information content (AvgIpc) is 2.92. The van der Waals surface area contributed by atoms with Gasteiger partial charge in [0.05, 0.1) is 12.2 Å². The Labute approximate surface area is 91.6 Å². The molecule has 0 radical (unpaired) electrons. The summed E-state index contributed by atoms with van der Waals surface area (Å²) in [5.74, 6) is -0.457. The van der Waals surface area contributed by atoms with Crippen molar-refractivity contribution in [3.63, 3.8) is 0 Å². The Morgan fingerprint density at radius 2 is 2.06 bits per heavy atom. The fourth-order valence-electron chi connectivity index (χ4n) is 2.16. The fourth-order valence-corrected chi connectivity index (χ4v) is 2.16. The van der Waals surface area contributed by atoms with Gasteiger partial charge in [-0.1, -0.05) is 0 Å². The second-order valence-corrected chi connectivity index (χ2v) is 4.04. The van der Waals surface area contributed by atoms with Gasteiger partial charge in [-0.3, -0.25) is 19.6 Å². The number of aromatic amines is 1. The van der Waals surface area contributed by atoms with E-state index in [9.17, 15) is 9.59 Å². The van der Waals surface area contributed by atoms with Gasteiger partial charge in [0, 0.05) is 6.20 Å². The number of carbonyl (C=O) groups is 2. The van der Waals surface area contributed by atoms with Crippen molar-refractivity contribution in [2.24, 2.45) is 0 Å². The van der Waals surface area contributed by atoms with Gasteiger partial charge in [-0.05, 0) is 18.9 Å². The molecule has 6 heteroatoms. The molecular weight excluding hydrogens is 210 g/mol. The zero-order valence-corrected chi connectivity index (χ0v) is 8.55. The van der Waals surface area contributed by atoms with Crippen LogP contribution in [0.5, 0.6) is 0 Å². The van der Waals surface area contributed by atoms with E-state index in [0.29, 0.717) is 12.8 Å². The molecule has 2 amide bonds. The van der Waals surface area contributed by atoms with Gasteiger partial charge in [-0.15, -0.1) is 0 Å².